The number of nitrogens with one attached hydrogen (secondary N) is 1. The molecular formula is C19H26N4O3. The molecule has 0 spiro atoms. The molecule has 0 radical (unpaired) electrons. The first-order valence-corrected chi connectivity index (χ1v) is 9.11. The summed E-state index contributed by atoms with van der Waals surface area (Å²) in [6.07, 6.45) is 2.80. The van der Waals surface area contributed by atoms with Gasteiger partial charge in [-0.05, 0) is 32.4 Å². The highest BCUT2D eigenvalue weighted by Crippen LogP contribution is 2.10. The van der Waals surface area contributed by atoms with E-state index in [-0.39, 0.29) is 30.2 Å². The Hall–Kier alpha value is -2.25. The van der Waals surface area contributed by atoms with Crippen molar-refractivity contribution >= 4 is 16.8 Å². The average molecular weight is 358 g/mol. The lowest BCUT2D eigenvalue weighted by Crippen LogP contribution is -2.46. The van der Waals surface area contributed by atoms with Crippen molar-refractivity contribution in [2.45, 2.75) is 39.0 Å². The molecule has 2 heterocycles. The molecule has 140 valence electrons. The summed E-state index contributed by atoms with van der Waals surface area (Å²) in [7, 11) is 0. The summed E-state index contributed by atoms with van der Waals surface area (Å²) < 4.78 is 7.07. The zero-order chi connectivity index (χ0) is 18.5. The molecule has 3 rings (SSSR count). The molecular weight excluding hydrogens is 332 g/mol. The van der Waals surface area contributed by atoms with Gasteiger partial charge in [0, 0.05) is 26.2 Å². The van der Waals surface area contributed by atoms with Gasteiger partial charge in [0.15, 0.2) is 0 Å². The molecule has 2 unspecified atom stereocenters. The second kappa shape index (κ2) is 8.42. The molecule has 2 aromatic rings. The van der Waals surface area contributed by atoms with Gasteiger partial charge in [-0.2, -0.15) is 0 Å². The van der Waals surface area contributed by atoms with Crippen molar-refractivity contribution < 1.29 is 9.53 Å². The number of carbonyl (C=O) groups is 1. The topological polar surface area (TPSA) is 76.5 Å². The second-order valence-corrected chi connectivity index (χ2v) is 6.92. The van der Waals surface area contributed by atoms with Crippen LogP contribution in [-0.2, 0) is 16.1 Å². The van der Waals surface area contributed by atoms with Crippen LogP contribution in [0, 0.1) is 0 Å². The number of carbonyl (C=O) groups excluding carboxylic acids is 1. The second-order valence-electron chi connectivity index (χ2n) is 6.92. The van der Waals surface area contributed by atoms with Crippen molar-refractivity contribution in [3.8, 4) is 0 Å². The molecule has 26 heavy (non-hydrogen) atoms. The summed E-state index contributed by atoms with van der Waals surface area (Å²) >= 11 is 0. The highest BCUT2D eigenvalue weighted by atomic mass is 16.5. The van der Waals surface area contributed by atoms with Crippen LogP contribution in [0.5, 0.6) is 0 Å². The zero-order valence-electron chi connectivity index (χ0n) is 15.4. The highest BCUT2D eigenvalue weighted by molar-refractivity contribution is 5.78. The standard InChI is InChI=1S/C19H26N4O3/c1-14-10-22(11-15(2)26-14)9-5-8-20-18(24)12-23-13-21-17-7-4-3-6-16(17)19(23)25/h3-4,6-7,13-15H,5,8-12H2,1-2H3,(H,20,24). The summed E-state index contributed by atoms with van der Waals surface area (Å²) in [6, 6.07) is 7.14. The molecule has 1 amide bonds. The molecule has 0 aliphatic carbocycles. The Bertz CT molecular complexity index is 810. The number of morpholine rings is 1. The third kappa shape index (κ3) is 4.68. The SMILES string of the molecule is CC1CN(CCCNC(=O)Cn2cnc3ccccc3c2=O)CC(C)O1. The lowest BCUT2D eigenvalue weighted by atomic mass is 10.2. The third-order valence-electron chi connectivity index (χ3n) is 4.51. The third-order valence-corrected chi connectivity index (χ3v) is 4.51. The number of benzene rings is 1. The van der Waals surface area contributed by atoms with Crippen molar-refractivity contribution in [1.29, 1.82) is 0 Å². The van der Waals surface area contributed by atoms with Crippen LogP contribution >= 0.6 is 0 Å². The van der Waals surface area contributed by atoms with Crippen LogP contribution in [-0.4, -0.2) is 58.7 Å². The van der Waals surface area contributed by atoms with Gasteiger partial charge in [-0.3, -0.25) is 19.1 Å². The molecule has 1 aromatic carbocycles. The van der Waals surface area contributed by atoms with Crippen molar-refractivity contribution in [1.82, 2.24) is 19.8 Å². The van der Waals surface area contributed by atoms with Crippen LogP contribution in [0.4, 0.5) is 0 Å². The van der Waals surface area contributed by atoms with E-state index in [0.29, 0.717) is 17.4 Å². The van der Waals surface area contributed by atoms with Gasteiger partial charge < -0.3 is 10.1 Å². The van der Waals surface area contributed by atoms with E-state index in [4.69, 9.17) is 4.74 Å². The van der Waals surface area contributed by atoms with Crippen LogP contribution in [0.3, 0.4) is 0 Å². The van der Waals surface area contributed by atoms with Crippen molar-refractivity contribution in [3.63, 3.8) is 0 Å². The fourth-order valence-electron chi connectivity index (χ4n) is 3.43. The van der Waals surface area contributed by atoms with Gasteiger partial charge in [0.05, 0.1) is 29.4 Å². The number of hydrogen-bond acceptors (Lipinski definition) is 5. The van der Waals surface area contributed by atoms with Gasteiger partial charge in [-0.25, -0.2) is 4.98 Å². The highest BCUT2D eigenvalue weighted by Gasteiger charge is 2.21. The summed E-state index contributed by atoms with van der Waals surface area (Å²) in [5.41, 5.74) is 0.449. The quantitative estimate of drug-likeness (QED) is 0.780. The molecule has 7 nitrogen and oxygen atoms in total. The maximum atomic E-state index is 12.4. The van der Waals surface area contributed by atoms with Gasteiger partial charge in [-0.15, -0.1) is 0 Å². The molecule has 1 saturated heterocycles. The number of rotatable bonds is 6. The molecule has 1 fully saturated rings. The maximum Gasteiger partial charge on any atom is 0.261 e. The summed E-state index contributed by atoms with van der Waals surface area (Å²) in [5, 5.41) is 3.41. The number of fused-ring (bicyclic) bond motifs is 1. The molecule has 0 bridgehead atoms. The summed E-state index contributed by atoms with van der Waals surface area (Å²) in [6.45, 7) is 7.53. The molecule has 1 aliphatic heterocycles. The van der Waals surface area contributed by atoms with Crippen LogP contribution in [0.2, 0.25) is 0 Å². The predicted octanol–water partition coefficient (Wildman–Crippen LogP) is 1.01. The lowest BCUT2D eigenvalue weighted by molar-refractivity contribution is -0.121. The Kier molecular flexibility index (Phi) is 6.00. The van der Waals surface area contributed by atoms with E-state index in [1.807, 2.05) is 6.07 Å². The van der Waals surface area contributed by atoms with Crippen LogP contribution in [0.15, 0.2) is 35.4 Å². The van der Waals surface area contributed by atoms with E-state index in [1.165, 1.54) is 10.9 Å². The Labute approximate surface area is 153 Å². The largest absolute Gasteiger partial charge is 0.373 e. The normalized spacial score (nSPS) is 21.0. The van der Waals surface area contributed by atoms with E-state index in [9.17, 15) is 9.59 Å². The van der Waals surface area contributed by atoms with Crippen molar-refractivity contribution in [2.24, 2.45) is 0 Å². The number of nitrogens with zero attached hydrogens (tertiary/aromatic N) is 3. The van der Waals surface area contributed by atoms with E-state index in [2.05, 4.69) is 29.0 Å². The smallest absolute Gasteiger partial charge is 0.261 e. The Morgan fingerprint density at radius 3 is 2.77 bits per heavy atom. The lowest BCUT2D eigenvalue weighted by Gasteiger charge is -2.35. The van der Waals surface area contributed by atoms with E-state index < -0.39 is 0 Å². The van der Waals surface area contributed by atoms with Gasteiger partial charge in [0.2, 0.25) is 5.91 Å². The fraction of sp³-hybridized carbons (Fsp3) is 0.526. The average Bonchev–Trinajstić information content (AvgIpc) is 2.61. The number of ether oxygens (including phenoxy) is 1. The molecule has 1 aliphatic rings. The first-order valence-electron chi connectivity index (χ1n) is 9.11. The Morgan fingerprint density at radius 2 is 2.00 bits per heavy atom. The van der Waals surface area contributed by atoms with Crippen molar-refractivity contribution in [3.05, 3.63) is 40.9 Å². The summed E-state index contributed by atoms with van der Waals surface area (Å²) in [5.74, 6) is -0.173. The number of amides is 1. The minimum atomic E-state index is -0.193. The number of aromatic nitrogens is 2. The van der Waals surface area contributed by atoms with Gasteiger partial charge in [-0.1, -0.05) is 12.1 Å². The monoisotopic (exact) mass is 358 g/mol. The van der Waals surface area contributed by atoms with Crippen LogP contribution in [0.25, 0.3) is 10.9 Å². The molecule has 1 aromatic heterocycles. The van der Waals surface area contributed by atoms with Crippen molar-refractivity contribution in [2.75, 3.05) is 26.2 Å². The molecule has 1 N–H and O–H groups in total. The van der Waals surface area contributed by atoms with E-state index in [1.54, 1.807) is 18.2 Å². The van der Waals surface area contributed by atoms with E-state index in [0.717, 1.165) is 26.1 Å². The van der Waals surface area contributed by atoms with Gasteiger partial charge in [0.1, 0.15) is 6.54 Å². The first-order chi connectivity index (χ1) is 12.5. The number of para-hydroxylation sites is 1. The maximum absolute atomic E-state index is 12.4. The van der Waals surface area contributed by atoms with Gasteiger partial charge >= 0.3 is 0 Å². The molecule has 7 heteroatoms. The first kappa shape index (κ1) is 18.5. The minimum Gasteiger partial charge on any atom is -0.373 e. The zero-order valence-corrected chi connectivity index (χ0v) is 15.4. The van der Waals surface area contributed by atoms with Crippen LogP contribution < -0.4 is 10.9 Å². The Balaban J connectivity index is 1.46. The summed E-state index contributed by atoms with van der Waals surface area (Å²) in [4.78, 5) is 31.1. The number of hydrogen-bond donors (Lipinski definition) is 1. The minimum absolute atomic E-state index is 0.0116. The van der Waals surface area contributed by atoms with Crippen LogP contribution in [0.1, 0.15) is 20.3 Å². The van der Waals surface area contributed by atoms with E-state index >= 15 is 0 Å². The molecule has 0 saturated carbocycles. The fourth-order valence-corrected chi connectivity index (χ4v) is 3.43. The predicted molar refractivity (Wildman–Crippen MR) is 100 cm³/mol. The molecule has 2 atom stereocenters. The Morgan fingerprint density at radius 1 is 1.27 bits per heavy atom. The van der Waals surface area contributed by atoms with Gasteiger partial charge in [0.25, 0.3) is 5.56 Å².